The van der Waals surface area contributed by atoms with Crippen molar-refractivity contribution in [2.24, 2.45) is 0 Å². The van der Waals surface area contributed by atoms with E-state index in [1.54, 1.807) is 0 Å². The van der Waals surface area contributed by atoms with E-state index in [0.29, 0.717) is 0 Å². The monoisotopic (exact) mass is 255 g/mol. The number of carboxylic acid groups (broad SMARTS) is 2. The topological polar surface area (TPSA) is 77.8 Å². The first kappa shape index (κ1) is 19.6. The third-order valence-corrected chi connectivity index (χ3v) is 2.21. The van der Waals surface area contributed by atoms with Crippen molar-refractivity contribution in [1.29, 1.82) is 0 Å². The normalized spacial score (nSPS) is 17.3. The van der Waals surface area contributed by atoms with Crippen molar-refractivity contribution in [3.63, 3.8) is 0 Å². The van der Waals surface area contributed by atoms with E-state index in [1.165, 1.54) is 5.92 Å². The summed E-state index contributed by atoms with van der Waals surface area (Å²) >= 11 is 0. The van der Waals surface area contributed by atoms with Gasteiger partial charge in [-0.05, 0) is 0 Å². The van der Waals surface area contributed by atoms with Crippen molar-refractivity contribution in [1.82, 2.24) is 4.90 Å². The molecule has 1 saturated heterocycles. The van der Waals surface area contributed by atoms with Crippen molar-refractivity contribution < 1.29 is 43.1 Å². The van der Waals surface area contributed by atoms with Gasteiger partial charge < -0.3 is 21.0 Å². The summed E-state index contributed by atoms with van der Waals surface area (Å²) in [4.78, 5) is 21.8. The van der Waals surface area contributed by atoms with Crippen LogP contribution in [0.5, 0.6) is 0 Å². The van der Waals surface area contributed by atoms with Crippen LogP contribution >= 0.6 is 0 Å². The van der Waals surface area contributed by atoms with Crippen molar-refractivity contribution in [2.45, 2.75) is 39.3 Å². The van der Waals surface area contributed by atoms with Crippen LogP contribution in [0.4, 0.5) is 9.18 Å². The maximum atomic E-state index is 13.3. The quantitative estimate of drug-likeness (QED) is 0.474. The maximum absolute atomic E-state index is 13.3. The summed E-state index contributed by atoms with van der Waals surface area (Å²) in [7, 11) is 0. The number of alkyl halides is 1. The zero-order chi connectivity index (χ0) is 13.6. The Hall–Kier alpha value is -0.733. The summed E-state index contributed by atoms with van der Waals surface area (Å²) in [6, 6.07) is 0. The van der Waals surface area contributed by atoms with Crippen LogP contribution in [0.3, 0.4) is 0 Å². The molecule has 0 spiro atoms. The van der Waals surface area contributed by atoms with Crippen LogP contribution in [-0.4, -0.2) is 45.9 Å². The number of likely N-dealkylation sites (tertiary alicyclic amines) is 1. The molecule has 1 rings (SSSR count). The number of hydrogen-bond donors (Lipinski definition) is 2. The fourth-order valence-corrected chi connectivity index (χ4v) is 1.27. The Labute approximate surface area is 119 Å². The predicted molar refractivity (Wildman–Crippen MR) is 60.6 cm³/mol. The standard InChI is InChI=1S/C7H10FNO4.C4H9.Li/c8-7(5(10)11)1-3-9(4-2-7)6(12)13;1-4(2)3;/h1-4H2,(H,10,11)(H,12,13);1-3H3;/q;-1;+1. The van der Waals surface area contributed by atoms with E-state index in [2.05, 4.69) is 20.8 Å². The molecular weight excluding hydrogens is 236 g/mol. The van der Waals surface area contributed by atoms with Gasteiger partial charge in [0.1, 0.15) is 0 Å². The molecule has 0 radical (unpaired) electrons. The third kappa shape index (κ3) is 6.87. The van der Waals surface area contributed by atoms with Crippen LogP contribution < -0.4 is 18.9 Å². The molecular formula is C11H19FLiNO4. The second kappa shape index (κ2) is 8.38. The number of piperidine rings is 1. The molecule has 0 unspecified atom stereocenters. The van der Waals surface area contributed by atoms with Gasteiger partial charge in [-0.25, -0.2) is 14.0 Å². The Bertz CT molecular complexity index is 275. The predicted octanol–water partition coefficient (Wildman–Crippen LogP) is -0.822. The zero-order valence-corrected chi connectivity index (χ0v) is 11.4. The molecule has 0 aliphatic carbocycles. The number of rotatable bonds is 1. The second-order valence-electron chi connectivity index (χ2n) is 4.54. The molecule has 5 nitrogen and oxygen atoms in total. The molecule has 0 aromatic heterocycles. The van der Waals surface area contributed by atoms with Gasteiger partial charge in [0.05, 0.1) is 0 Å². The van der Waals surface area contributed by atoms with E-state index in [1.807, 2.05) is 0 Å². The second-order valence-corrected chi connectivity index (χ2v) is 4.54. The van der Waals surface area contributed by atoms with E-state index in [-0.39, 0.29) is 44.8 Å². The van der Waals surface area contributed by atoms with Gasteiger partial charge in [-0.1, -0.05) is 0 Å². The van der Waals surface area contributed by atoms with Crippen LogP contribution in [0.25, 0.3) is 0 Å². The van der Waals surface area contributed by atoms with Crippen LogP contribution in [0, 0.1) is 5.92 Å². The van der Waals surface area contributed by atoms with Crippen molar-refractivity contribution >= 4 is 12.1 Å². The SMILES string of the molecule is C[C-](C)C.O=C(O)N1CCC(F)(C(=O)O)CC1.[Li+]. The maximum Gasteiger partial charge on any atom is 1.00 e. The largest absolute Gasteiger partial charge is 1.00 e. The smallest absolute Gasteiger partial charge is 0.479 e. The van der Waals surface area contributed by atoms with E-state index < -0.39 is 17.7 Å². The number of aliphatic carboxylic acids is 1. The Morgan fingerprint density at radius 3 is 1.72 bits per heavy atom. The molecule has 0 atom stereocenters. The number of nitrogens with zero attached hydrogens (tertiary/aromatic N) is 1. The minimum Gasteiger partial charge on any atom is -0.479 e. The number of halogens is 1. The summed E-state index contributed by atoms with van der Waals surface area (Å²) in [5.41, 5.74) is -2.24. The zero-order valence-electron chi connectivity index (χ0n) is 11.4. The number of carbonyl (C=O) groups is 2. The van der Waals surface area contributed by atoms with E-state index in [0.717, 1.165) is 4.90 Å². The molecule has 1 amide bonds. The molecule has 0 bridgehead atoms. The molecule has 18 heavy (non-hydrogen) atoms. The van der Waals surface area contributed by atoms with Crippen molar-refractivity contribution in [2.75, 3.05) is 13.1 Å². The molecule has 1 aliphatic heterocycles. The molecule has 0 aromatic rings. The Kier molecular flexibility index (Phi) is 9.13. The minimum atomic E-state index is -2.24. The van der Waals surface area contributed by atoms with E-state index in [4.69, 9.17) is 10.2 Å². The van der Waals surface area contributed by atoms with Crippen molar-refractivity contribution in [3.8, 4) is 0 Å². The van der Waals surface area contributed by atoms with E-state index >= 15 is 0 Å². The van der Waals surface area contributed by atoms with Crippen LogP contribution in [0.2, 0.25) is 0 Å². The molecule has 100 valence electrons. The van der Waals surface area contributed by atoms with Crippen LogP contribution in [0.1, 0.15) is 33.6 Å². The van der Waals surface area contributed by atoms with Gasteiger partial charge in [0.15, 0.2) is 0 Å². The molecule has 1 aliphatic rings. The Morgan fingerprint density at radius 2 is 1.50 bits per heavy atom. The van der Waals surface area contributed by atoms with Crippen molar-refractivity contribution in [3.05, 3.63) is 5.92 Å². The summed E-state index contributed by atoms with van der Waals surface area (Å²) in [6.45, 7) is 6.14. The fraction of sp³-hybridized carbons (Fsp3) is 0.727. The summed E-state index contributed by atoms with van der Waals surface area (Å²) < 4.78 is 13.3. The van der Waals surface area contributed by atoms with Gasteiger partial charge in [0.25, 0.3) is 0 Å². The fourth-order valence-electron chi connectivity index (χ4n) is 1.27. The van der Waals surface area contributed by atoms with Gasteiger partial charge in [-0.15, -0.1) is 0 Å². The first-order chi connectivity index (χ1) is 7.69. The average Bonchev–Trinajstić information content (AvgIpc) is 2.17. The van der Waals surface area contributed by atoms with E-state index in [9.17, 15) is 14.0 Å². The first-order valence-electron chi connectivity index (χ1n) is 5.36. The summed E-state index contributed by atoms with van der Waals surface area (Å²) in [5.74, 6) is -0.0856. The van der Waals surface area contributed by atoms with Crippen LogP contribution in [-0.2, 0) is 4.79 Å². The Morgan fingerprint density at radius 1 is 1.17 bits per heavy atom. The molecule has 1 heterocycles. The summed E-state index contributed by atoms with van der Waals surface area (Å²) in [6.07, 6.45) is -1.67. The molecule has 2 N–H and O–H groups in total. The molecule has 7 heteroatoms. The van der Waals surface area contributed by atoms with Gasteiger partial charge >= 0.3 is 30.9 Å². The van der Waals surface area contributed by atoms with Crippen LogP contribution in [0.15, 0.2) is 0 Å². The number of amides is 1. The Balaban J connectivity index is 0. The molecule has 0 saturated carbocycles. The minimum absolute atomic E-state index is 0. The third-order valence-electron chi connectivity index (χ3n) is 2.21. The number of carboxylic acids is 1. The molecule has 1 fully saturated rings. The first-order valence-corrected chi connectivity index (χ1v) is 5.36. The van der Waals surface area contributed by atoms with Gasteiger partial charge in [-0.3, -0.25) is 0 Å². The van der Waals surface area contributed by atoms with Gasteiger partial charge in [0, 0.05) is 25.9 Å². The summed E-state index contributed by atoms with van der Waals surface area (Å²) in [5, 5.41) is 17.0. The van der Waals surface area contributed by atoms with Gasteiger partial charge in [0.2, 0.25) is 5.67 Å². The average molecular weight is 255 g/mol. The molecule has 0 aromatic carbocycles. The number of hydrogen-bond acceptors (Lipinski definition) is 2. The van der Waals surface area contributed by atoms with Gasteiger partial charge in [-0.2, -0.15) is 20.8 Å².